The third-order valence-electron chi connectivity index (χ3n) is 6.12. The highest BCUT2D eigenvalue weighted by molar-refractivity contribution is 7.92. The number of aromatic nitrogens is 4. The molecule has 3 aromatic heterocycles. The molecule has 44 heavy (non-hydrogen) atoms. The van der Waals surface area contributed by atoms with Crippen LogP contribution in [0, 0.1) is 5.92 Å². The van der Waals surface area contributed by atoms with E-state index in [0.717, 1.165) is 10.4 Å². The zero-order valence-corrected chi connectivity index (χ0v) is 26.0. The molecule has 0 saturated carbocycles. The summed E-state index contributed by atoms with van der Waals surface area (Å²) >= 11 is 1.60. The summed E-state index contributed by atoms with van der Waals surface area (Å²) < 4.78 is 52.5. The molecule has 228 valence electrons. The van der Waals surface area contributed by atoms with E-state index in [1.54, 1.807) is 66.2 Å². The Kier molecular flexibility index (Phi) is 9.87. The van der Waals surface area contributed by atoms with E-state index in [9.17, 15) is 8.42 Å². The Morgan fingerprint density at radius 1 is 0.841 bits per heavy atom. The van der Waals surface area contributed by atoms with Gasteiger partial charge in [0.2, 0.25) is 5.75 Å². The number of anilines is 1. The van der Waals surface area contributed by atoms with Crippen LogP contribution in [0.3, 0.4) is 0 Å². The molecule has 0 N–H and O–H groups in total. The number of rotatable bonds is 14. The lowest BCUT2D eigenvalue weighted by molar-refractivity contribution is 0.197. The molecule has 2 aromatic carbocycles. The maximum absolute atomic E-state index is 13.9. The van der Waals surface area contributed by atoms with Crippen molar-refractivity contribution in [1.29, 1.82) is 0 Å². The van der Waals surface area contributed by atoms with Gasteiger partial charge in [-0.3, -0.25) is 0 Å². The zero-order valence-electron chi connectivity index (χ0n) is 24.4. The van der Waals surface area contributed by atoms with Crippen molar-refractivity contribution in [2.45, 2.75) is 18.7 Å². The van der Waals surface area contributed by atoms with Crippen molar-refractivity contribution in [3.8, 4) is 39.6 Å². The van der Waals surface area contributed by atoms with Crippen molar-refractivity contribution in [2.75, 3.05) is 31.2 Å². The van der Waals surface area contributed by atoms with Gasteiger partial charge in [-0.2, -0.15) is 4.98 Å². The Hall–Kier alpha value is -4.75. The molecule has 0 atom stereocenters. The van der Waals surface area contributed by atoms with E-state index >= 15 is 0 Å². The van der Waals surface area contributed by atoms with Crippen LogP contribution in [0.4, 0.5) is 5.82 Å². The Bertz CT molecular complexity index is 1750. The lowest BCUT2D eigenvalue weighted by atomic mass is 10.2. The molecule has 0 aliphatic rings. The average molecular weight is 634 g/mol. The molecular weight excluding hydrogens is 603 g/mol. The number of thiophene rings is 1. The highest BCUT2D eigenvalue weighted by atomic mass is 32.2. The van der Waals surface area contributed by atoms with E-state index in [4.69, 9.17) is 18.9 Å². The van der Waals surface area contributed by atoms with Crippen LogP contribution in [-0.4, -0.2) is 55.2 Å². The SMILES string of the molecule is COc1ccccc1Oc1c(OCCOc2ncc(-c3cccs3)cn2)ncnc1N(CC(C)C)S(=O)(=O)c1ccccc1. The van der Waals surface area contributed by atoms with Gasteiger partial charge in [-0.05, 0) is 41.6 Å². The van der Waals surface area contributed by atoms with Crippen molar-refractivity contribution in [1.82, 2.24) is 19.9 Å². The second-order valence-corrected chi connectivity index (χ2v) is 12.6. The zero-order chi connectivity index (χ0) is 30.9. The molecule has 0 amide bonds. The van der Waals surface area contributed by atoms with E-state index in [1.807, 2.05) is 31.4 Å². The third-order valence-corrected chi connectivity index (χ3v) is 8.81. The molecule has 0 bridgehead atoms. The fraction of sp³-hybridized carbons (Fsp3) is 0.226. The Labute approximate surface area is 260 Å². The fourth-order valence-electron chi connectivity index (χ4n) is 4.11. The van der Waals surface area contributed by atoms with E-state index in [2.05, 4.69) is 19.9 Å². The summed E-state index contributed by atoms with van der Waals surface area (Å²) in [5.74, 6) is 0.761. The molecule has 0 saturated heterocycles. The number of hydrogen-bond acceptors (Lipinski definition) is 11. The first kappa shape index (κ1) is 30.7. The van der Waals surface area contributed by atoms with Gasteiger partial charge in [0.05, 0.1) is 12.0 Å². The molecule has 5 rings (SSSR count). The topological polar surface area (TPSA) is 126 Å². The van der Waals surface area contributed by atoms with Crippen LogP contribution in [0.5, 0.6) is 29.1 Å². The highest BCUT2D eigenvalue weighted by Gasteiger charge is 2.32. The van der Waals surface area contributed by atoms with Gasteiger partial charge >= 0.3 is 6.01 Å². The summed E-state index contributed by atoms with van der Waals surface area (Å²) in [6.45, 7) is 4.07. The number of nitrogens with zero attached hydrogens (tertiary/aromatic N) is 5. The normalized spacial score (nSPS) is 11.3. The van der Waals surface area contributed by atoms with Crippen molar-refractivity contribution < 1.29 is 27.4 Å². The number of para-hydroxylation sites is 2. The Morgan fingerprint density at radius 2 is 1.55 bits per heavy atom. The minimum Gasteiger partial charge on any atom is -0.493 e. The first-order valence-electron chi connectivity index (χ1n) is 13.7. The molecule has 3 heterocycles. The quantitative estimate of drug-likeness (QED) is 0.132. The largest absolute Gasteiger partial charge is 0.493 e. The van der Waals surface area contributed by atoms with Crippen LogP contribution >= 0.6 is 11.3 Å². The standard InChI is InChI=1S/C31H31N5O6S2/c1-22(2)20-36(44(37,38)24-10-5-4-6-11-24)29-28(42-26-13-8-7-12-25(26)39-3)30(35-21-34-29)40-15-16-41-31-32-18-23(19-33-31)27-14-9-17-43-27/h4-14,17-19,21-22H,15-16,20H2,1-3H3. The van der Waals surface area contributed by atoms with E-state index in [1.165, 1.54) is 29.9 Å². The maximum Gasteiger partial charge on any atom is 0.316 e. The van der Waals surface area contributed by atoms with Crippen molar-refractivity contribution in [2.24, 2.45) is 5.92 Å². The fourth-order valence-corrected chi connectivity index (χ4v) is 6.42. The molecule has 0 fully saturated rings. The van der Waals surface area contributed by atoms with Crippen LogP contribution in [0.25, 0.3) is 10.4 Å². The Balaban J connectivity index is 1.43. The summed E-state index contributed by atoms with van der Waals surface area (Å²) in [6, 6.07) is 19.3. The van der Waals surface area contributed by atoms with Crippen molar-refractivity contribution in [3.63, 3.8) is 0 Å². The molecule has 13 heteroatoms. The highest BCUT2D eigenvalue weighted by Crippen LogP contribution is 2.42. The van der Waals surface area contributed by atoms with Gasteiger partial charge in [0.25, 0.3) is 15.9 Å². The van der Waals surface area contributed by atoms with E-state index in [0.29, 0.717) is 11.5 Å². The molecule has 0 aliphatic carbocycles. The first-order chi connectivity index (χ1) is 21.4. The van der Waals surface area contributed by atoms with Crippen LogP contribution in [0.15, 0.2) is 95.7 Å². The number of methoxy groups -OCH3 is 1. The van der Waals surface area contributed by atoms with E-state index in [-0.39, 0.29) is 54.0 Å². The van der Waals surface area contributed by atoms with Gasteiger partial charge in [-0.15, -0.1) is 11.3 Å². The molecule has 0 radical (unpaired) electrons. The summed E-state index contributed by atoms with van der Waals surface area (Å²) in [4.78, 5) is 18.4. The molecule has 0 unspecified atom stereocenters. The summed E-state index contributed by atoms with van der Waals surface area (Å²) in [5.41, 5.74) is 0.895. The molecular formula is C31H31N5O6S2. The van der Waals surface area contributed by atoms with Crippen LogP contribution < -0.4 is 23.3 Å². The maximum atomic E-state index is 13.9. The number of benzene rings is 2. The molecule has 0 spiro atoms. The summed E-state index contributed by atoms with van der Waals surface area (Å²) in [7, 11) is -2.53. The number of hydrogen-bond donors (Lipinski definition) is 0. The summed E-state index contributed by atoms with van der Waals surface area (Å²) in [6.07, 6.45) is 4.63. The minimum absolute atomic E-state index is 0.00806. The van der Waals surface area contributed by atoms with Gasteiger partial charge in [-0.25, -0.2) is 27.7 Å². The second kappa shape index (κ2) is 14.1. The lowest BCUT2D eigenvalue weighted by Gasteiger charge is -2.27. The van der Waals surface area contributed by atoms with E-state index < -0.39 is 10.0 Å². The number of sulfonamides is 1. The third kappa shape index (κ3) is 7.24. The predicted molar refractivity (Wildman–Crippen MR) is 167 cm³/mol. The van der Waals surface area contributed by atoms with Crippen LogP contribution in [0.1, 0.15) is 13.8 Å². The smallest absolute Gasteiger partial charge is 0.316 e. The van der Waals surface area contributed by atoms with Gasteiger partial charge in [0.1, 0.15) is 19.5 Å². The monoisotopic (exact) mass is 633 g/mol. The molecule has 0 aliphatic heterocycles. The molecule has 11 nitrogen and oxygen atoms in total. The van der Waals surface area contributed by atoms with Crippen molar-refractivity contribution in [3.05, 3.63) is 90.8 Å². The van der Waals surface area contributed by atoms with Gasteiger partial charge < -0.3 is 18.9 Å². The minimum atomic E-state index is -4.04. The van der Waals surface area contributed by atoms with Gasteiger partial charge in [0, 0.05) is 29.4 Å². The van der Waals surface area contributed by atoms with Crippen LogP contribution in [-0.2, 0) is 10.0 Å². The van der Waals surface area contributed by atoms with Gasteiger partial charge in [0.15, 0.2) is 17.3 Å². The Morgan fingerprint density at radius 3 is 2.23 bits per heavy atom. The van der Waals surface area contributed by atoms with Crippen molar-refractivity contribution >= 4 is 27.2 Å². The van der Waals surface area contributed by atoms with Crippen LogP contribution in [0.2, 0.25) is 0 Å². The lowest BCUT2D eigenvalue weighted by Crippen LogP contribution is -2.35. The number of ether oxygens (including phenoxy) is 4. The summed E-state index contributed by atoms with van der Waals surface area (Å²) in [5, 5.41) is 1.99. The molecule has 5 aromatic rings. The van der Waals surface area contributed by atoms with Gasteiger partial charge in [-0.1, -0.05) is 50.2 Å². The predicted octanol–water partition coefficient (Wildman–Crippen LogP) is 6.11. The second-order valence-electron chi connectivity index (χ2n) is 9.76. The first-order valence-corrected chi connectivity index (χ1v) is 16.0. The average Bonchev–Trinajstić information content (AvgIpc) is 3.59.